The molecule has 0 aliphatic carbocycles. The monoisotopic (exact) mass is 138 g/mol. The van der Waals surface area contributed by atoms with Crippen molar-refractivity contribution >= 4 is 11.9 Å². The Kier molecular flexibility index (Phi) is 1.33. The largest absolute Gasteiger partial charge is 0.334 e. The zero-order chi connectivity index (χ0) is 6.85. The number of rotatable bonds is 0. The third-order valence-electron chi connectivity index (χ3n) is 0.963. The molecule has 2 N–H and O–H groups in total. The number of imide groups is 1. The van der Waals surface area contributed by atoms with Crippen molar-refractivity contribution in [3.05, 3.63) is 0 Å². The molecule has 0 spiro atoms. The summed E-state index contributed by atoms with van der Waals surface area (Å²) in [5, 5.41) is 3.88. The van der Waals surface area contributed by atoms with Crippen LogP contribution in [0.4, 0.5) is 9.18 Å². The van der Waals surface area contributed by atoms with E-state index in [0.29, 0.717) is 0 Å². The second-order valence-electron chi connectivity index (χ2n) is 1.67. The van der Waals surface area contributed by atoms with Gasteiger partial charge in [0.1, 0.15) is 0 Å². The van der Waals surface area contributed by atoms with Crippen LogP contribution in [-0.2, 0) is 4.79 Å². The van der Waals surface area contributed by atoms with Gasteiger partial charge >= 0.3 is 6.03 Å². The first kappa shape index (κ1) is 6.00. The Morgan fingerprint density at radius 1 is 1.56 bits per heavy atom. The minimum atomic E-state index is -1.59. The molecule has 1 fully saturated rings. The van der Waals surface area contributed by atoms with E-state index in [1.807, 2.05) is 0 Å². The Bertz CT molecular complexity index is 159. The summed E-state index contributed by atoms with van der Waals surface area (Å²) in [5.41, 5.74) is 0. The highest BCUT2D eigenvalue weighted by atomic mass is 19.2. The smallest absolute Gasteiger partial charge is 0.321 e. The van der Waals surface area contributed by atoms with Crippen LogP contribution in [0.1, 0.15) is 0 Å². The number of carbonyl (C=O) groups excluding carboxylic acids is 2. The quantitative estimate of drug-likeness (QED) is 0.339. The third-order valence-corrected chi connectivity index (χ3v) is 0.963. The van der Waals surface area contributed by atoms with Crippen LogP contribution in [-0.4, -0.2) is 24.7 Å². The number of carbonyl (C=O) groups is 2. The fourth-order valence-corrected chi connectivity index (χ4v) is 0.509. The molecule has 0 aromatic rings. The fraction of sp³-hybridized carbons (Fsp3) is 0.500. The lowest BCUT2D eigenvalue weighted by Gasteiger charge is -2.14. The molecule has 0 aromatic heterocycles. The van der Waals surface area contributed by atoms with E-state index in [4.69, 9.17) is 0 Å². The van der Waals surface area contributed by atoms with Gasteiger partial charge in [0, 0.05) is 0 Å². The lowest BCUT2D eigenvalue weighted by Crippen LogP contribution is -2.53. The van der Waals surface area contributed by atoms with E-state index >= 15 is 0 Å². The molecule has 0 aromatic carbocycles. The Labute approximate surface area is 50.4 Å². The van der Waals surface area contributed by atoms with Gasteiger partial charge in [-0.2, -0.15) is 0 Å². The minimum Gasteiger partial charge on any atom is -0.334 e. The number of hydrogen-bond donors (Lipinski definition) is 2. The second-order valence-corrected chi connectivity index (χ2v) is 1.67. The highest BCUT2D eigenvalue weighted by Crippen LogP contribution is 1.92. The predicted molar refractivity (Wildman–Crippen MR) is 26.4 cm³/mol. The Morgan fingerprint density at radius 3 is 2.67 bits per heavy atom. The van der Waals surface area contributed by atoms with Crippen molar-refractivity contribution < 1.29 is 14.0 Å². The van der Waals surface area contributed by atoms with Gasteiger partial charge in [-0.1, -0.05) is 0 Å². The van der Waals surface area contributed by atoms with Crippen LogP contribution in [0.3, 0.4) is 0 Å². The second kappa shape index (κ2) is 2.00. The molecule has 0 saturated carbocycles. The zero-order valence-electron chi connectivity index (χ0n) is 4.48. The molecule has 5 heteroatoms. The standard InChI is InChI=1S/C4H5FN2O2/c5-2-1-6-4(9)7-3(2)8/h2H,1H2,(H2,6,7,8,9)/i1+1,2+1,3+1,4+1,6+1,7+1. The van der Waals surface area contributed by atoms with E-state index in [1.165, 1.54) is 0 Å². The van der Waals surface area contributed by atoms with Crippen LogP contribution < -0.4 is 10.6 Å². The molecule has 4 nitrogen and oxygen atoms in total. The van der Waals surface area contributed by atoms with Gasteiger partial charge in [0.25, 0.3) is 5.91 Å². The van der Waals surface area contributed by atoms with E-state index in [0.717, 1.165) is 0 Å². The Balaban J connectivity index is 2.54. The molecule has 1 aliphatic rings. The first-order valence-corrected chi connectivity index (χ1v) is 2.43. The van der Waals surface area contributed by atoms with Crippen LogP contribution in [0.5, 0.6) is 0 Å². The van der Waals surface area contributed by atoms with Crippen molar-refractivity contribution in [3.8, 4) is 0 Å². The maximum absolute atomic E-state index is 12.1. The molecule has 1 heterocycles. The molecule has 1 aliphatic heterocycles. The summed E-state index contributed by atoms with van der Waals surface area (Å²) in [6, 6.07) is -0.631. The van der Waals surface area contributed by atoms with Crippen molar-refractivity contribution in [2.45, 2.75) is 6.17 Å². The van der Waals surface area contributed by atoms with Gasteiger partial charge in [-0.3, -0.25) is 10.1 Å². The molecule has 0 radical (unpaired) electrons. The summed E-state index contributed by atoms with van der Waals surface area (Å²) in [5.74, 6) is -0.862. The van der Waals surface area contributed by atoms with Crippen molar-refractivity contribution in [1.82, 2.24) is 10.6 Å². The summed E-state index contributed by atoms with van der Waals surface area (Å²) in [6.45, 7) is -0.218. The maximum atomic E-state index is 12.1. The first-order valence-electron chi connectivity index (χ1n) is 2.43. The van der Waals surface area contributed by atoms with Crippen LogP contribution >= 0.6 is 0 Å². The third kappa shape index (κ3) is 1.16. The molecule has 1 atom stereocenters. The summed E-state index contributed by atoms with van der Waals surface area (Å²) in [7, 11) is 0. The lowest BCUT2D eigenvalue weighted by molar-refractivity contribution is -0.125. The highest BCUT2D eigenvalue weighted by Gasteiger charge is 2.24. The first-order chi connectivity index (χ1) is 4.20. The highest BCUT2D eigenvalue weighted by molar-refractivity contribution is 5.99. The van der Waals surface area contributed by atoms with Crippen LogP contribution in [0.15, 0.2) is 0 Å². The molecule has 0 bridgehead atoms. The van der Waals surface area contributed by atoms with Gasteiger partial charge in [0.15, 0.2) is 6.17 Å². The lowest BCUT2D eigenvalue weighted by atomic mass is 11.3. The van der Waals surface area contributed by atoms with E-state index in [1.54, 1.807) is 5.32 Å². The van der Waals surface area contributed by atoms with Gasteiger partial charge in [-0.05, 0) is 0 Å². The van der Waals surface area contributed by atoms with Gasteiger partial charge in [0.2, 0.25) is 0 Å². The Hall–Kier alpha value is -1.13. The number of amides is 3. The van der Waals surface area contributed by atoms with Crippen molar-refractivity contribution in [1.29, 1.82) is 0 Å². The van der Waals surface area contributed by atoms with Crippen molar-refractivity contribution in [2.75, 3.05) is 6.54 Å². The SMILES string of the molecule is O=[13C]1[15NH][13CH2][13CH](F)[13C](=O)[15NH]1. The van der Waals surface area contributed by atoms with Gasteiger partial charge in [-0.15, -0.1) is 0 Å². The van der Waals surface area contributed by atoms with Crippen molar-refractivity contribution in [2.24, 2.45) is 0 Å². The zero-order valence-corrected chi connectivity index (χ0v) is 4.48. The molecule has 1 rings (SSSR count). The van der Waals surface area contributed by atoms with E-state index < -0.39 is 18.1 Å². The van der Waals surface area contributed by atoms with Gasteiger partial charge < -0.3 is 5.32 Å². The van der Waals surface area contributed by atoms with Gasteiger partial charge in [-0.25, -0.2) is 9.18 Å². The topological polar surface area (TPSA) is 58.2 Å². The van der Waals surface area contributed by atoms with E-state index in [-0.39, 0.29) is 6.54 Å². The van der Waals surface area contributed by atoms with Crippen LogP contribution in [0.2, 0.25) is 0 Å². The molecule has 3 amide bonds. The van der Waals surface area contributed by atoms with Crippen LogP contribution in [0.25, 0.3) is 0 Å². The van der Waals surface area contributed by atoms with Crippen molar-refractivity contribution in [3.63, 3.8) is 0 Å². The Morgan fingerprint density at radius 2 is 2.22 bits per heavy atom. The molecule has 1 unspecified atom stereocenters. The minimum absolute atomic E-state index is 0.218. The molecule has 50 valence electrons. The fourth-order valence-electron chi connectivity index (χ4n) is 0.509. The summed E-state index contributed by atoms with van der Waals surface area (Å²) >= 11 is 0. The number of hydrogen-bond acceptors (Lipinski definition) is 2. The van der Waals surface area contributed by atoms with Gasteiger partial charge in [0.05, 0.1) is 6.54 Å². The molecule has 1 saturated heterocycles. The van der Waals surface area contributed by atoms with E-state index in [9.17, 15) is 14.0 Å². The molecule has 9 heavy (non-hydrogen) atoms. The van der Waals surface area contributed by atoms with E-state index in [2.05, 4.69) is 5.32 Å². The number of nitrogens with one attached hydrogen (secondary N) is 2. The summed E-state index contributed by atoms with van der Waals surface area (Å²) in [4.78, 5) is 20.5. The summed E-state index contributed by atoms with van der Waals surface area (Å²) < 4.78 is 12.1. The number of halogens is 1. The molecular weight excluding hydrogens is 133 g/mol. The summed E-state index contributed by atoms with van der Waals surface area (Å²) in [6.07, 6.45) is -1.59. The predicted octanol–water partition coefficient (Wildman–Crippen LogP) is -0.836. The normalized spacial score (nSPS) is 27.0. The maximum Gasteiger partial charge on any atom is 0.321 e. The van der Waals surface area contributed by atoms with Crippen LogP contribution in [0, 0.1) is 0 Å². The average Bonchev–Trinajstić information content (AvgIpc) is 1.80. The number of urea groups is 1. The molecular formula is C4H5FN2O2. The average molecular weight is 138 g/mol. The number of alkyl halides is 1.